The molecule has 19 heavy (non-hydrogen) atoms. The van der Waals surface area contributed by atoms with Crippen LogP contribution in [0.4, 0.5) is 0 Å². The van der Waals surface area contributed by atoms with E-state index in [1.54, 1.807) is 4.68 Å². The number of aryl methyl sites for hydroxylation is 2. The van der Waals surface area contributed by atoms with Gasteiger partial charge in [0.25, 0.3) is 0 Å². The van der Waals surface area contributed by atoms with Crippen molar-refractivity contribution in [2.24, 2.45) is 24.8 Å². The zero-order valence-electron chi connectivity index (χ0n) is 12.3. The van der Waals surface area contributed by atoms with E-state index in [-0.39, 0.29) is 0 Å². The maximum absolute atomic E-state index is 6.37. The first-order chi connectivity index (χ1) is 8.90. The fraction of sp³-hybridized carbons (Fsp3) is 0.800. The summed E-state index contributed by atoms with van der Waals surface area (Å²) in [5, 5.41) is 5.23. The third-order valence-corrected chi connectivity index (χ3v) is 6.29. The second kappa shape index (κ2) is 6.17. The van der Waals surface area contributed by atoms with E-state index in [1.807, 2.05) is 7.05 Å². The molecule has 0 amide bonds. The second-order valence-corrected chi connectivity index (χ2v) is 7.81. The number of rotatable bonds is 3. The molecule has 1 fully saturated rings. The van der Waals surface area contributed by atoms with Crippen molar-refractivity contribution in [3.05, 3.63) is 16.4 Å². The van der Waals surface area contributed by atoms with Crippen molar-refractivity contribution in [1.29, 1.82) is 0 Å². The Morgan fingerprint density at radius 2 is 2.11 bits per heavy atom. The van der Waals surface area contributed by atoms with Crippen molar-refractivity contribution in [1.82, 2.24) is 9.78 Å². The third-order valence-electron chi connectivity index (χ3n) is 4.61. The Morgan fingerprint density at radius 1 is 1.42 bits per heavy atom. The zero-order valence-corrected chi connectivity index (χ0v) is 14.6. The largest absolute Gasteiger partial charge is 0.257 e. The molecule has 1 aliphatic carbocycles. The van der Waals surface area contributed by atoms with Gasteiger partial charge in [-0.25, -0.2) is 0 Å². The molecule has 2 rings (SSSR count). The highest BCUT2D eigenvalue weighted by molar-refractivity contribution is 9.09. The van der Waals surface area contributed by atoms with Gasteiger partial charge in [-0.15, -0.1) is 0 Å². The van der Waals surface area contributed by atoms with E-state index in [2.05, 4.69) is 41.8 Å². The van der Waals surface area contributed by atoms with Crippen molar-refractivity contribution in [3.63, 3.8) is 0 Å². The molecule has 3 unspecified atom stereocenters. The van der Waals surface area contributed by atoms with Gasteiger partial charge < -0.3 is 0 Å². The van der Waals surface area contributed by atoms with Crippen LogP contribution < -0.4 is 0 Å². The van der Waals surface area contributed by atoms with Gasteiger partial charge in [-0.2, -0.15) is 5.10 Å². The fourth-order valence-electron chi connectivity index (χ4n) is 3.25. The second-order valence-electron chi connectivity index (χ2n) is 6.28. The summed E-state index contributed by atoms with van der Waals surface area (Å²) >= 11 is 10.2. The number of nitrogens with zero attached hydrogens (tertiary/aromatic N) is 2. The molecule has 3 atom stereocenters. The normalized spacial score (nSPS) is 28.1. The lowest BCUT2D eigenvalue weighted by molar-refractivity contribution is 0.222. The van der Waals surface area contributed by atoms with Crippen LogP contribution in [-0.2, 0) is 13.5 Å². The standard InChI is InChI=1S/C15H24BrClN2/c1-9(2)11-5-6-14(16)12(7-11)8-13-10(3)18-19(4)15(13)17/h9,11-12,14H,5-8H2,1-4H3. The van der Waals surface area contributed by atoms with Gasteiger partial charge in [-0.3, -0.25) is 4.68 Å². The van der Waals surface area contributed by atoms with Gasteiger partial charge in [0.05, 0.1) is 5.69 Å². The highest BCUT2D eigenvalue weighted by Crippen LogP contribution is 2.40. The molecule has 1 aliphatic rings. The van der Waals surface area contributed by atoms with Crippen molar-refractivity contribution in [2.75, 3.05) is 0 Å². The van der Waals surface area contributed by atoms with Crippen molar-refractivity contribution < 1.29 is 0 Å². The lowest BCUT2D eigenvalue weighted by Gasteiger charge is -2.35. The van der Waals surface area contributed by atoms with E-state index in [9.17, 15) is 0 Å². The number of alkyl halides is 1. The molecule has 0 aromatic carbocycles. The van der Waals surface area contributed by atoms with Crippen LogP contribution in [0.2, 0.25) is 5.15 Å². The predicted molar refractivity (Wildman–Crippen MR) is 85.0 cm³/mol. The lowest BCUT2D eigenvalue weighted by atomic mass is 9.74. The Bertz CT molecular complexity index is 442. The molecule has 1 saturated carbocycles. The van der Waals surface area contributed by atoms with E-state index < -0.39 is 0 Å². The summed E-state index contributed by atoms with van der Waals surface area (Å²) in [6.45, 7) is 6.75. The highest BCUT2D eigenvalue weighted by atomic mass is 79.9. The lowest BCUT2D eigenvalue weighted by Crippen LogP contribution is -2.29. The topological polar surface area (TPSA) is 17.8 Å². The van der Waals surface area contributed by atoms with E-state index in [4.69, 9.17) is 11.6 Å². The fourth-order valence-corrected chi connectivity index (χ4v) is 4.17. The Kier molecular flexibility index (Phi) is 4.99. The van der Waals surface area contributed by atoms with Gasteiger partial charge >= 0.3 is 0 Å². The molecule has 108 valence electrons. The smallest absolute Gasteiger partial charge is 0.130 e. The predicted octanol–water partition coefficient (Wildman–Crippen LogP) is 4.76. The molecule has 0 radical (unpaired) electrons. The molecular formula is C15H24BrClN2. The quantitative estimate of drug-likeness (QED) is 0.721. The van der Waals surface area contributed by atoms with Crippen LogP contribution in [-0.4, -0.2) is 14.6 Å². The molecule has 0 N–H and O–H groups in total. The molecule has 0 spiro atoms. The Hall–Kier alpha value is -0.0200. The van der Waals surface area contributed by atoms with Crippen LogP contribution in [0.3, 0.4) is 0 Å². The monoisotopic (exact) mass is 346 g/mol. The summed E-state index contributed by atoms with van der Waals surface area (Å²) in [6, 6.07) is 0. The van der Waals surface area contributed by atoms with Gasteiger partial charge in [0.2, 0.25) is 0 Å². The molecule has 2 nitrogen and oxygen atoms in total. The SMILES string of the molecule is Cc1nn(C)c(Cl)c1CC1CC(C(C)C)CCC1Br. The van der Waals surface area contributed by atoms with E-state index in [0.717, 1.165) is 29.1 Å². The van der Waals surface area contributed by atoms with Crippen molar-refractivity contribution in [3.8, 4) is 0 Å². The summed E-state index contributed by atoms with van der Waals surface area (Å²) in [7, 11) is 1.92. The Balaban J connectivity index is 2.12. The van der Waals surface area contributed by atoms with Crippen LogP contribution in [0.1, 0.15) is 44.4 Å². The molecular weight excluding hydrogens is 324 g/mol. The summed E-state index contributed by atoms with van der Waals surface area (Å²) in [4.78, 5) is 0.623. The van der Waals surface area contributed by atoms with Crippen LogP contribution >= 0.6 is 27.5 Å². The first kappa shape index (κ1) is 15.4. The summed E-state index contributed by atoms with van der Waals surface area (Å²) < 4.78 is 1.79. The summed E-state index contributed by atoms with van der Waals surface area (Å²) in [5.41, 5.74) is 2.32. The van der Waals surface area contributed by atoms with Crippen LogP contribution in [0, 0.1) is 24.7 Å². The van der Waals surface area contributed by atoms with Crippen LogP contribution in [0.25, 0.3) is 0 Å². The van der Waals surface area contributed by atoms with Gasteiger partial charge in [0, 0.05) is 17.4 Å². The maximum Gasteiger partial charge on any atom is 0.130 e. The van der Waals surface area contributed by atoms with E-state index in [0.29, 0.717) is 10.7 Å². The minimum atomic E-state index is 0.623. The molecule has 0 saturated heterocycles. The molecule has 1 aromatic heterocycles. The average molecular weight is 348 g/mol. The number of halogens is 2. The average Bonchev–Trinajstić information content (AvgIpc) is 2.58. The molecule has 0 aliphatic heterocycles. The highest BCUT2D eigenvalue weighted by Gasteiger charge is 2.31. The van der Waals surface area contributed by atoms with Gasteiger partial charge in [-0.05, 0) is 50.4 Å². The Labute approximate surface area is 130 Å². The van der Waals surface area contributed by atoms with Crippen molar-refractivity contribution in [2.45, 2.75) is 51.3 Å². The van der Waals surface area contributed by atoms with Crippen molar-refractivity contribution >= 4 is 27.5 Å². The van der Waals surface area contributed by atoms with Gasteiger partial charge in [-0.1, -0.05) is 41.4 Å². The molecule has 4 heteroatoms. The summed E-state index contributed by atoms with van der Waals surface area (Å²) in [5.74, 6) is 2.32. The van der Waals surface area contributed by atoms with Gasteiger partial charge in [0.15, 0.2) is 0 Å². The zero-order chi connectivity index (χ0) is 14.2. The maximum atomic E-state index is 6.37. The first-order valence-electron chi connectivity index (χ1n) is 7.22. The summed E-state index contributed by atoms with van der Waals surface area (Å²) in [6.07, 6.45) is 4.99. The number of aromatic nitrogens is 2. The number of hydrogen-bond donors (Lipinski definition) is 0. The van der Waals surface area contributed by atoms with E-state index in [1.165, 1.54) is 24.8 Å². The van der Waals surface area contributed by atoms with Gasteiger partial charge in [0.1, 0.15) is 5.15 Å². The minimum Gasteiger partial charge on any atom is -0.257 e. The Morgan fingerprint density at radius 3 is 2.63 bits per heavy atom. The third kappa shape index (κ3) is 3.36. The molecule has 1 aromatic rings. The molecule has 0 bridgehead atoms. The first-order valence-corrected chi connectivity index (χ1v) is 8.51. The van der Waals surface area contributed by atoms with Crippen LogP contribution in [0.5, 0.6) is 0 Å². The van der Waals surface area contributed by atoms with E-state index >= 15 is 0 Å². The minimum absolute atomic E-state index is 0.623. The van der Waals surface area contributed by atoms with Crippen LogP contribution in [0.15, 0.2) is 0 Å². The number of hydrogen-bond acceptors (Lipinski definition) is 1. The molecule has 1 heterocycles.